The number of rotatable bonds is 1. The van der Waals surface area contributed by atoms with E-state index in [2.05, 4.69) is 16.8 Å². The molecule has 1 amide bonds. The predicted octanol–water partition coefficient (Wildman–Crippen LogP) is 2.63. The Balaban J connectivity index is 1.96. The van der Waals surface area contributed by atoms with E-state index in [9.17, 15) is 4.79 Å². The highest BCUT2D eigenvalue weighted by Crippen LogP contribution is 2.22. The molecule has 4 nitrogen and oxygen atoms in total. The molecule has 1 fully saturated rings. The number of amides is 1. The molecule has 1 aliphatic rings. The summed E-state index contributed by atoms with van der Waals surface area (Å²) in [6.45, 7) is 7.87. The molecule has 1 aliphatic heterocycles. The standard InChI is InChI=1S/C13H20N2O2S/c1-13(2,3)17-12(16)15-7-6-14-10(9-15)11-5-4-8-18-11/h4-5,8,10,14H,6-7,9H2,1-3H3. The molecule has 0 spiro atoms. The number of nitrogens with zero attached hydrogens (tertiary/aromatic N) is 1. The molecule has 0 bridgehead atoms. The first-order chi connectivity index (χ1) is 8.46. The van der Waals surface area contributed by atoms with Crippen molar-refractivity contribution in [2.24, 2.45) is 0 Å². The fourth-order valence-electron chi connectivity index (χ4n) is 1.92. The van der Waals surface area contributed by atoms with Gasteiger partial charge in [0.1, 0.15) is 5.60 Å². The Hall–Kier alpha value is -1.07. The van der Waals surface area contributed by atoms with Crippen molar-refractivity contribution in [1.29, 1.82) is 0 Å². The van der Waals surface area contributed by atoms with Gasteiger partial charge in [-0.2, -0.15) is 0 Å². The molecular formula is C13H20N2O2S. The zero-order chi connectivity index (χ0) is 13.2. The number of carbonyl (C=O) groups is 1. The van der Waals surface area contributed by atoms with Gasteiger partial charge in [0.05, 0.1) is 6.04 Å². The van der Waals surface area contributed by atoms with Crippen molar-refractivity contribution in [3.05, 3.63) is 22.4 Å². The molecule has 1 aromatic heterocycles. The number of thiophene rings is 1. The monoisotopic (exact) mass is 268 g/mol. The fraction of sp³-hybridized carbons (Fsp3) is 0.615. The van der Waals surface area contributed by atoms with Gasteiger partial charge in [-0.1, -0.05) is 6.07 Å². The Labute approximate surface area is 112 Å². The topological polar surface area (TPSA) is 41.6 Å². The second-order valence-corrected chi connectivity index (χ2v) is 6.43. The third-order valence-electron chi connectivity index (χ3n) is 2.71. The normalized spacial score (nSPS) is 20.8. The van der Waals surface area contributed by atoms with Gasteiger partial charge < -0.3 is 15.0 Å². The minimum absolute atomic E-state index is 0.217. The van der Waals surface area contributed by atoms with E-state index >= 15 is 0 Å². The Kier molecular flexibility index (Phi) is 3.92. The molecule has 1 saturated heterocycles. The molecule has 0 aliphatic carbocycles. The van der Waals surface area contributed by atoms with Gasteiger partial charge in [-0.05, 0) is 32.2 Å². The summed E-state index contributed by atoms with van der Waals surface area (Å²) in [4.78, 5) is 15.1. The largest absolute Gasteiger partial charge is 0.444 e. The summed E-state index contributed by atoms with van der Waals surface area (Å²) >= 11 is 1.72. The number of carbonyl (C=O) groups excluding carboxylic acids is 1. The zero-order valence-corrected chi connectivity index (χ0v) is 11.9. The minimum Gasteiger partial charge on any atom is -0.444 e. The van der Waals surface area contributed by atoms with Gasteiger partial charge in [-0.25, -0.2) is 4.79 Å². The Morgan fingerprint density at radius 3 is 2.94 bits per heavy atom. The van der Waals surface area contributed by atoms with Gasteiger partial charge in [0, 0.05) is 24.5 Å². The van der Waals surface area contributed by atoms with Crippen LogP contribution in [0.25, 0.3) is 0 Å². The van der Waals surface area contributed by atoms with Crippen LogP contribution in [-0.2, 0) is 4.74 Å². The van der Waals surface area contributed by atoms with Crippen LogP contribution in [0.1, 0.15) is 31.7 Å². The van der Waals surface area contributed by atoms with Crippen LogP contribution in [0.3, 0.4) is 0 Å². The van der Waals surface area contributed by atoms with Gasteiger partial charge in [-0.15, -0.1) is 11.3 Å². The van der Waals surface area contributed by atoms with E-state index in [4.69, 9.17) is 4.74 Å². The summed E-state index contributed by atoms with van der Waals surface area (Å²) in [7, 11) is 0. The van der Waals surface area contributed by atoms with Crippen LogP contribution in [0.5, 0.6) is 0 Å². The molecule has 2 heterocycles. The first kappa shape index (κ1) is 13.4. The predicted molar refractivity (Wildman–Crippen MR) is 72.9 cm³/mol. The molecule has 1 atom stereocenters. The van der Waals surface area contributed by atoms with E-state index < -0.39 is 5.60 Å². The lowest BCUT2D eigenvalue weighted by molar-refractivity contribution is 0.0196. The Morgan fingerprint density at radius 1 is 1.56 bits per heavy atom. The van der Waals surface area contributed by atoms with Crippen molar-refractivity contribution in [2.75, 3.05) is 19.6 Å². The number of piperazine rings is 1. The van der Waals surface area contributed by atoms with E-state index in [1.807, 2.05) is 26.8 Å². The molecule has 0 radical (unpaired) electrons. The molecule has 2 rings (SSSR count). The summed E-state index contributed by atoms with van der Waals surface area (Å²) in [5, 5.41) is 5.49. The van der Waals surface area contributed by atoms with Gasteiger partial charge in [0.25, 0.3) is 0 Å². The van der Waals surface area contributed by atoms with Gasteiger partial charge in [0.15, 0.2) is 0 Å². The lowest BCUT2D eigenvalue weighted by Crippen LogP contribution is -2.49. The van der Waals surface area contributed by atoms with Crippen LogP contribution in [-0.4, -0.2) is 36.2 Å². The highest BCUT2D eigenvalue weighted by atomic mass is 32.1. The molecule has 0 aromatic carbocycles. The van der Waals surface area contributed by atoms with Gasteiger partial charge in [0.2, 0.25) is 0 Å². The van der Waals surface area contributed by atoms with E-state index in [1.54, 1.807) is 16.2 Å². The zero-order valence-electron chi connectivity index (χ0n) is 11.1. The SMILES string of the molecule is CC(C)(C)OC(=O)N1CCNC(c2cccs2)C1. The van der Waals surface area contributed by atoms with Crippen molar-refractivity contribution in [3.8, 4) is 0 Å². The molecule has 5 heteroatoms. The van der Waals surface area contributed by atoms with E-state index in [1.165, 1.54) is 4.88 Å². The number of hydrogen-bond acceptors (Lipinski definition) is 4. The van der Waals surface area contributed by atoms with Gasteiger partial charge in [-0.3, -0.25) is 0 Å². The maximum Gasteiger partial charge on any atom is 0.410 e. The van der Waals surface area contributed by atoms with Crippen LogP contribution in [0, 0.1) is 0 Å². The lowest BCUT2D eigenvalue weighted by atomic mass is 10.2. The van der Waals surface area contributed by atoms with Crippen LogP contribution in [0.4, 0.5) is 4.79 Å². The highest BCUT2D eigenvalue weighted by Gasteiger charge is 2.28. The second kappa shape index (κ2) is 5.28. The van der Waals surface area contributed by atoms with E-state index in [0.717, 1.165) is 6.54 Å². The summed E-state index contributed by atoms with van der Waals surface area (Å²) in [6, 6.07) is 4.36. The fourth-order valence-corrected chi connectivity index (χ4v) is 2.72. The third kappa shape index (κ3) is 3.46. The van der Waals surface area contributed by atoms with E-state index in [0.29, 0.717) is 13.1 Å². The Bertz CT molecular complexity index is 398. The first-order valence-corrected chi connectivity index (χ1v) is 7.08. The quantitative estimate of drug-likeness (QED) is 0.851. The summed E-state index contributed by atoms with van der Waals surface area (Å²) in [6.07, 6.45) is -0.217. The first-order valence-electron chi connectivity index (χ1n) is 6.20. The summed E-state index contributed by atoms with van der Waals surface area (Å²) < 4.78 is 5.41. The maximum absolute atomic E-state index is 12.0. The average molecular weight is 268 g/mol. The number of nitrogens with one attached hydrogen (secondary N) is 1. The van der Waals surface area contributed by atoms with Crippen molar-refractivity contribution >= 4 is 17.4 Å². The summed E-state index contributed by atoms with van der Waals surface area (Å²) in [5.74, 6) is 0. The molecule has 18 heavy (non-hydrogen) atoms. The maximum atomic E-state index is 12.0. The highest BCUT2D eigenvalue weighted by molar-refractivity contribution is 7.10. The minimum atomic E-state index is -0.430. The van der Waals surface area contributed by atoms with Crippen LogP contribution >= 0.6 is 11.3 Å². The second-order valence-electron chi connectivity index (χ2n) is 5.45. The smallest absolute Gasteiger partial charge is 0.410 e. The van der Waals surface area contributed by atoms with Crippen molar-refractivity contribution in [3.63, 3.8) is 0 Å². The van der Waals surface area contributed by atoms with Gasteiger partial charge >= 0.3 is 6.09 Å². The molecule has 1 unspecified atom stereocenters. The van der Waals surface area contributed by atoms with Crippen LogP contribution in [0.2, 0.25) is 0 Å². The molecule has 0 saturated carbocycles. The van der Waals surface area contributed by atoms with Crippen molar-refractivity contribution in [1.82, 2.24) is 10.2 Å². The van der Waals surface area contributed by atoms with Crippen LogP contribution < -0.4 is 5.32 Å². The average Bonchev–Trinajstić information content (AvgIpc) is 2.80. The van der Waals surface area contributed by atoms with Crippen molar-refractivity contribution < 1.29 is 9.53 Å². The van der Waals surface area contributed by atoms with Crippen molar-refractivity contribution in [2.45, 2.75) is 32.4 Å². The third-order valence-corrected chi connectivity index (χ3v) is 3.70. The van der Waals surface area contributed by atoms with E-state index in [-0.39, 0.29) is 12.1 Å². The molecular weight excluding hydrogens is 248 g/mol. The molecule has 100 valence electrons. The molecule has 1 N–H and O–H groups in total. The van der Waals surface area contributed by atoms with Crippen LogP contribution in [0.15, 0.2) is 17.5 Å². The number of ether oxygens (including phenoxy) is 1. The lowest BCUT2D eigenvalue weighted by Gasteiger charge is -2.34. The number of hydrogen-bond donors (Lipinski definition) is 1. The Morgan fingerprint density at radius 2 is 2.33 bits per heavy atom. The summed E-state index contributed by atoms with van der Waals surface area (Å²) in [5.41, 5.74) is -0.430. The molecule has 1 aromatic rings.